The molecule has 0 aromatic heterocycles. The van der Waals surface area contributed by atoms with Gasteiger partial charge in [0.25, 0.3) is 0 Å². The van der Waals surface area contributed by atoms with E-state index in [-0.39, 0.29) is 42.7 Å². The second-order valence-electron chi connectivity index (χ2n) is 8.20. The molecule has 0 amide bonds. The van der Waals surface area contributed by atoms with Crippen LogP contribution >= 0.6 is 0 Å². The number of aliphatic carboxylic acids is 1. The summed E-state index contributed by atoms with van der Waals surface area (Å²) in [4.78, 5) is 11.2. The second kappa shape index (κ2) is 15.1. The largest absolute Gasteiger partial charge is 2.00 e. The minimum atomic E-state index is -4.04. The molecule has 3 aromatic carbocycles. The van der Waals surface area contributed by atoms with E-state index in [1.807, 2.05) is 25.3 Å². The van der Waals surface area contributed by atoms with E-state index < -0.39 is 22.0 Å². The Balaban J connectivity index is 0.000000389. The fourth-order valence-corrected chi connectivity index (χ4v) is 4.77. The van der Waals surface area contributed by atoms with Crippen LogP contribution in [0.4, 0.5) is 5.69 Å². The van der Waals surface area contributed by atoms with E-state index in [0.717, 1.165) is 5.56 Å². The summed E-state index contributed by atoms with van der Waals surface area (Å²) in [5.41, 5.74) is 4.05. The Hall–Kier alpha value is -3.56. The van der Waals surface area contributed by atoms with Gasteiger partial charge >= 0.3 is 20.4 Å². The molecule has 1 atom stereocenters. The van der Waals surface area contributed by atoms with Crippen LogP contribution < -0.4 is 10.1 Å². The maximum Gasteiger partial charge on any atom is 2.00 e. The third kappa shape index (κ3) is 8.73. The number of carboxylic acids is 1. The average Bonchev–Trinajstić information content (AvgIpc) is 2.89. The van der Waals surface area contributed by atoms with Gasteiger partial charge in [-0.15, -0.1) is 0 Å². The van der Waals surface area contributed by atoms with Crippen molar-refractivity contribution in [2.45, 2.75) is 24.3 Å². The molecule has 2 heterocycles. The molecule has 0 spiro atoms. The molecular weight excluding hydrogens is 613 g/mol. The van der Waals surface area contributed by atoms with Gasteiger partial charge in [-0.1, -0.05) is 72.3 Å². The van der Waals surface area contributed by atoms with Crippen LogP contribution in [-0.4, -0.2) is 36.4 Å². The Morgan fingerprint density at radius 1 is 0.872 bits per heavy atom. The maximum atomic E-state index is 12.2. The molecule has 0 fully saturated rings. The van der Waals surface area contributed by atoms with Crippen LogP contribution in [0.3, 0.4) is 0 Å². The first-order chi connectivity index (χ1) is 17.3. The third-order valence-electron chi connectivity index (χ3n) is 5.55. The molecule has 5 rings (SSSR count). The average molecular weight is 642 g/mol. The van der Waals surface area contributed by atoms with Crippen molar-refractivity contribution in [2.75, 3.05) is 5.01 Å². The first kappa shape index (κ1) is 33.5. The van der Waals surface area contributed by atoms with Crippen molar-refractivity contribution in [1.82, 2.24) is 5.01 Å². The molecule has 208 valence electrons. The van der Waals surface area contributed by atoms with Crippen molar-refractivity contribution in [2.24, 2.45) is 0 Å². The minimum absolute atomic E-state index is 0. The molecule has 2 aliphatic rings. The van der Waals surface area contributed by atoms with E-state index in [1.54, 1.807) is 42.5 Å². The number of allylic oxidation sites excluding steroid dienone is 2. The normalized spacial score (nSPS) is 13.3. The fourth-order valence-electron chi connectivity index (χ4n) is 3.68. The standard InChI is InChI=1S/C16H16NO4S.C12H10N2.2H2O.Pd/c1-12-7-9-14(10-8-12)22(20,21)17-15(16(18)19)11-13-5-3-2-4-6-13;1-2-6-12-11(5-1)7-10-13-8-3-4-9-14(12)13;;;/h2-10,15H,11H2,1H3,(H,18,19);1-10H;2*1H2;/q-1;;;;+2/p-1. The smallest absolute Gasteiger partial charge is 0.552 e. The zero-order chi connectivity index (χ0) is 25.5. The maximum absolute atomic E-state index is 12.2. The number of fused-ring (bicyclic) bond motifs is 3. The van der Waals surface area contributed by atoms with Crippen LogP contribution in [0, 0.1) is 6.92 Å². The van der Waals surface area contributed by atoms with Crippen molar-refractivity contribution in [1.29, 1.82) is 0 Å². The van der Waals surface area contributed by atoms with Gasteiger partial charge in [0.1, 0.15) is 10.0 Å². The van der Waals surface area contributed by atoms with E-state index in [0.29, 0.717) is 5.56 Å². The van der Waals surface area contributed by atoms with Crippen molar-refractivity contribution in [3.05, 3.63) is 131 Å². The molecular formula is C28H29N3O6PdS. The van der Waals surface area contributed by atoms with E-state index >= 15 is 0 Å². The van der Waals surface area contributed by atoms with Gasteiger partial charge in [-0.3, -0.25) is 10.0 Å². The molecule has 39 heavy (non-hydrogen) atoms. The van der Waals surface area contributed by atoms with Crippen molar-refractivity contribution < 1.29 is 49.7 Å². The van der Waals surface area contributed by atoms with Crippen LogP contribution in [0.15, 0.2) is 115 Å². The molecule has 0 aliphatic carbocycles. The zero-order valence-corrected chi connectivity index (χ0v) is 23.3. The SMILES string of the molecule is C1=CN2C=Cc3ccccc3N2C=C1.Cc1ccc(S(=O)(=O)[N-]C(Cc2ccccc2)C(=O)[O-])cc1.O.O.[Pd+2]. The Morgan fingerprint density at radius 3 is 2.15 bits per heavy atom. The number of aryl methyl sites for hydroxylation is 1. The number of sulfonamides is 1. The number of anilines is 1. The van der Waals surface area contributed by atoms with Gasteiger partial charge in [0.15, 0.2) is 0 Å². The third-order valence-corrected chi connectivity index (χ3v) is 6.95. The first-order valence-corrected chi connectivity index (χ1v) is 12.8. The molecule has 2 aliphatic heterocycles. The summed E-state index contributed by atoms with van der Waals surface area (Å²) in [5.74, 6) is -1.51. The molecule has 3 aromatic rings. The van der Waals surface area contributed by atoms with E-state index in [9.17, 15) is 18.3 Å². The number of nitrogens with zero attached hydrogens (tertiary/aromatic N) is 3. The predicted molar refractivity (Wildman–Crippen MR) is 146 cm³/mol. The summed E-state index contributed by atoms with van der Waals surface area (Å²) in [5, 5.41) is 15.4. The van der Waals surface area contributed by atoms with Crippen LogP contribution in [0.25, 0.3) is 10.8 Å². The number of carbonyl (C=O) groups excluding carboxylic acids is 1. The summed E-state index contributed by atoms with van der Waals surface area (Å²) in [7, 11) is -4.04. The Morgan fingerprint density at radius 2 is 1.49 bits per heavy atom. The zero-order valence-electron chi connectivity index (χ0n) is 21.0. The number of benzene rings is 3. The van der Waals surface area contributed by atoms with E-state index in [2.05, 4.69) is 57.5 Å². The summed E-state index contributed by atoms with van der Waals surface area (Å²) in [6, 6.07) is 21.7. The topological polar surface area (TPSA) is 158 Å². The number of hydrogen-bond acceptors (Lipinski definition) is 6. The van der Waals surface area contributed by atoms with Crippen LogP contribution in [0.1, 0.15) is 16.7 Å². The van der Waals surface area contributed by atoms with Gasteiger partial charge in [-0.25, -0.2) is 8.42 Å². The van der Waals surface area contributed by atoms with E-state index in [4.69, 9.17) is 0 Å². The quantitative estimate of drug-likeness (QED) is 0.376. The van der Waals surface area contributed by atoms with Crippen LogP contribution in [0.2, 0.25) is 0 Å². The number of carboxylic acid groups (broad SMARTS) is 1. The molecule has 1 unspecified atom stereocenters. The van der Waals surface area contributed by atoms with Gasteiger partial charge in [0, 0.05) is 35.0 Å². The molecule has 11 heteroatoms. The monoisotopic (exact) mass is 641 g/mol. The minimum Gasteiger partial charge on any atom is -0.552 e. The van der Waals surface area contributed by atoms with Gasteiger partial charge in [-0.2, -0.15) is 0 Å². The summed E-state index contributed by atoms with van der Waals surface area (Å²) < 4.78 is 27.9. The van der Waals surface area contributed by atoms with Crippen LogP contribution in [-0.2, 0) is 41.7 Å². The van der Waals surface area contributed by atoms with Crippen molar-refractivity contribution in [3.63, 3.8) is 0 Å². The molecule has 0 radical (unpaired) electrons. The number of carbonyl (C=O) groups is 1. The van der Waals surface area contributed by atoms with Gasteiger partial charge in [-0.05, 0) is 55.3 Å². The van der Waals surface area contributed by atoms with Gasteiger partial charge < -0.3 is 25.6 Å². The van der Waals surface area contributed by atoms with Crippen LogP contribution in [0.5, 0.6) is 0 Å². The number of hydrogen-bond donors (Lipinski definition) is 0. The first-order valence-electron chi connectivity index (χ1n) is 11.3. The number of para-hydroxylation sites is 1. The van der Waals surface area contributed by atoms with E-state index in [1.165, 1.54) is 23.4 Å². The molecule has 0 saturated carbocycles. The Kier molecular flexibility index (Phi) is 13.0. The molecule has 0 saturated heterocycles. The van der Waals surface area contributed by atoms with Gasteiger partial charge in [0.2, 0.25) is 0 Å². The summed E-state index contributed by atoms with van der Waals surface area (Å²) in [6.45, 7) is 1.83. The molecule has 0 bridgehead atoms. The van der Waals surface area contributed by atoms with Crippen molar-refractivity contribution in [3.8, 4) is 0 Å². The Bertz CT molecular complexity index is 1410. The number of hydrazine groups is 1. The fraction of sp³-hybridized carbons (Fsp3) is 0.107. The summed E-state index contributed by atoms with van der Waals surface area (Å²) >= 11 is 0. The van der Waals surface area contributed by atoms with Gasteiger partial charge in [0.05, 0.1) is 5.69 Å². The van der Waals surface area contributed by atoms with Crippen molar-refractivity contribution >= 4 is 27.8 Å². The molecule has 9 nitrogen and oxygen atoms in total. The Labute approximate surface area is 242 Å². The summed E-state index contributed by atoms with van der Waals surface area (Å²) in [6.07, 6.45) is 12.3. The second-order valence-corrected chi connectivity index (χ2v) is 9.83. The number of rotatable bonds is 6. The molecule has 4 N–H and O–H groups in total. The predicted octanol–water partition coefficient (Wildman–Crippen LogP) is 2.50.